The van der Waals surface area contributed by atoms with Crippen molar-refractivity contribution in [1.29, 1.82) is 0 Å². The van der Waals surface area contributed by atoms with Gasteiger partial charge in [-0.05, 0) is 49.1 Å². The number of pyridine rings is 2. The number of nitrogens with zero attached hydrogens (tertiary/aromatic N) is 2. The van der Waals surface area contributed by atoms with Gasteiger partial charge in [0.1, 0.15) is 5.75 Å². The van der Waals surface area contributed by atoms with Gasteiger partial charge >= 0.3 is 6.18 Å². The molecular weight excluding hydrogens is 395 g/mol. The molecule has 1 aromatic carbocycles. The summed E-state index contributed by atoms with van der Waals surface area (Å²) in [4.78, 5) is 21.1. The van der Waals surface area contributed by atoms with Crippen molar-refractivity contribution in [2.24, 2.45) is 5.92 Å². The fraction of sp³-hybridized carbons (Fsp3) is 0.318. The lowest BCUT2D eigenvalue weighted by molar-refractivity contribution is -0.153. The molecule has 156 valence electrons. The lowest BCUT2D eigenvalue weighted by atomic mass is 10.1. The number of halogens is 3. The zero-order chi connectivity index (χ0) is 21.3. The van der Waals surface area contributed by atoms with Crippen LogP contribution in [-0.4, -0.2) is 28.7 Å². The van der Waals surface area contributed by atoms with Crippen LogP contribution in [0.15, 0.2) is 54.9 Å². The molecule has 0 saturated heterocycles. The van der Waals surface area contributed by atoms with E-state index in [1.54, 1.807) is 19.2 Å². The molecule has 3 aromatic rings. The van der Waals surface area contributed by atoms with E-state index in [9.17, 15) is 18.0 Å². The number of rotatable bonds is 6. The van der Waals surface area contributed by atoms with Crippen molar-refractivity contribution in [2.75, 3.05) is 6.61 Å². The highest BCUT2D eigenvalue weighted by molar-refractivity contribution is 5.84. The van der Waals surface area contributed by atoms with Crippen LogP contribution in [0, 0.1) is 5.92 Å². The summed E-state index contributed by atoms with van der Waals surface area (Å²) in [7, 11) is 0. The average Bonchev–Trinajstić information content (AvgIpc) is 3.53. The summed E-state index contributed by atoms with van der Waals surface area (Å²) in [6.07, 6.45) is -0.653. The predicted molar refractivity (Wildman–Crippen MR) is 105 cm³/mol. The molecule has 0 aliphatic heterocycles. The molecule has 3 unspecified atom stereocenters. The molecule has 0 spiro atoms. The lowest BCUT2D eigenvalue weighted by Gasteiger charge is -2.14. The van der Waals surface area contributed by atoms with E-state index in [-0.39, 0.29) is 29.5 Å². The fourth-order valence-corrected chi connectivity index (χ4v) is 3.46. The Kier molecular flexibility index (Phi) is 5.32. The maximum Gasteiger partial charge on any atom is 0.422 e. The number of hydrogen-bond donors (Lipinski definition) is 1. The average molecular weight is 415 g/mol. The summed E-state index contributed by atoms with van der Waals surface area (Å²) in [5, 5.41) is 3.99. The number of ether oxygens (including phenoxy) is 1. The standard InChI is InChI=1S/C22H20F3N3O2/c1-13(19-7-6-16(11-27-19)30-12-22(23,24)25)28-21(29)18-10-17(18)15-5-4-14-3-2-8-26-20(14)9-15/h2-9,11,13,17-18H,10,12H2,1H3,(H,28,29). The minimum atomic E-state index is -4.40. The van der Waals surface area contributed by atoms with Crippen LogP contribution in [0.25, 0.3) is 10.9 Å². The van der Waals surface area contributed by atoms with Crippen LogP contribution in [0.5, 0.6) is 5.75 Å². The summed E-state index contributed by atoms with van der Waals surface area (Å²) < 4.78 is 41.3. The quantitative estimate of drug-likeness (QED) is 0.642. The van der Waals surface area contributed by atoms with E-state index in [1.807, 2.05) is 30.3 Å². The number of carbonyl (C=O) groups is 1. The van der Waals surface area contributed by atoms with E-state index in [1.165, 1.54) is 12.3 Å². The molecule has 0 bridgehead atoms. The fourth-order valence-electron chi connectivity index (χ4n) is 3.46. The molecule has 1 saturated carbocycles. The molecule has 4 rings (SSSR count). The maximum atomic E-state index is 12.6. The van der Waals surface area contributed by atoms with Crippen LogP contribution < -0.4 is 10.1 Å². The van der Waals surface area contributed by atoms with Gasteiger partial charge in [0, 0.05) is 17.5 Å². The summed E-state index contributed by atoms with van der Waals surface area (Å²) in [6.45, 7) is 0.418. The van der Waals surface area contributed by atoms with Crippen LogP contribution in [-0.2, 0) is 4.79 Å². The number of benzene rings is 1. The van der Waals surface area contributed by atoms with Gasteiger partial charge in [0.15, 0.2) is 6.61 Å². The molecule has 5 nitrogen and oxygen atoms in total. The molecule has 1 fully saturated rings. The van der Waals surface area contributed by atoms with Gasteiger partial charge in [-0.1, -0.05) is 18.2 Å². The summed E-state index contributed by atoms with van der Waals surface area (Å²) in [5.74, 6) is 0.0207. The minimum Gasteiger partial charge on any atom is -0.483 e. The summed E-state index contributed by atoms with van der Waals surface area (Å²) in [6, 6.07) is 12.6. The van der Waals surface area contributed by atoms with E-state index < -0.39 is 12.8 Å². The Morgan fingerprint density at radius 1 is 1.23 bits per heavy atom. The van der Waals surface area contributed by atoms with Crippen LogP contribution in [0.4, 0.5) is 13.2 Å². The van der Waals surface area contributed by atoms with E-state index in [0.29, 0.717) is 5.69 Å². The number of aromatic nitrogens is 2. The minimum absolute atomic E-state index is 0.0294. The number of hydrogen-bond acceptors (Lipinski definition) is 4. The first kappa shape index (κ1) is 20.1. The lowest BCUT2D eigenvalue weighted by Crippen LogP contribution is -2.29. The highest BCUT2D eigenvalue weighted by Gasteiger charge is 2.44. The third kappa shape index (κ3) is 4.69. The monoisotopic (exact) mass is 415 g/mol. The van der Waals surface area contributed by atoms with Gasteiger partial charge in [0.25, 0.3) is 0 Å². The van der Waals surface area contributed by atoms with E-state index in [4.69, 9.17) is 0 Å². The van der Waals surface area contributed by atoms with E-state index in [2.05, 4.69) is 20.0 Å². The predicted octanol–water partition coefficient (Wildman–Crippen LogP) is 4.55. The normalized spacial score (nSPS) is 19.3. The molecule has 3 atom stereocenters. The highest BCUT2D eigenvalue weighted by Crippen LogP contribution is 2.48. The zero-order valence-electron chi connectivity index (χ0n) is 16.2. The van der Waals surface area contributed by atoms with Crippen LogP contribution >= 0.6 is 0 Å². The highest BCUT2D eigenvalue weighted by atomic mass is 19.4. The van der Waals surface area contributed by atoms with Crippen molar-refractivity contribution in [1.82, 2.24) is 15.3 Å². The van der Waals surface area contributed by atoms with Crippen LogP contribution in [0.1, 0.15) is 36.6 Å². The van der Waals surface area contributed by atoms with Crippen LogP contribution in [0.2, 0.25) is 0 Å². The van der Waals surface area contributed by atoms with Gasteiger partial charge in [-0.15, -0.1) is 0 Å². The van der Waals surface area contributed by atoms with Crippen molar-refractivity contribution in [3.8, 4) is 5.75 Å². The SMILES string of the molecule is CC(NC(=O)C1CC1c1ccc2cccnc2c1)c1ccc(OCC(F)(F)F)cn1. The van der Waals surface area contributed by atoms with Crippen molar-refractivity contribution in [2.45, 2.75) is 31.5 Å². The van der Waals surface area contributed by atoms with Gasteiger partial charge in [-0.3, -0.25) is 14.8 Å². The first-order valence-electron chi connectivity index (χ1n) is 9.61. The molecule has 0 radical (unpaired) electrons. The van der Waals surface area contributed by atoms with E-state index >= 15 is 0 Å². The molecule has 30 heavy (non-hydrogen) atoms. The Labute approximate surface area is 171 Å². The van der Waals surface area contributed by atoms with Crippen molar-refractivity contribution < 1.29 is 22.7 Å². The van der Waals surface area contributed by atoms with Crippen molar-refractivity contribution in [3.05, 3.63) is 66.1 Å². The third-order valence-corrected chi connectivity index (χ3v) is 5.15. The molecule has 8 heteroatoms. The van der Waals surface area contributed by atoms with Crippen LogP contribution in [0.3, 0.4) is 0 Å². The first-order chi connectivity index (χ1) is 14.3. The number of alkyl halides is 3. The van der Waals surface area contributed by atoms with Gasteiger partial charge in [0.2, 0.25) is 5.91 Å². The van der Waals surface area contributed by atoms with E-state index in [0.717, 1.165) is 22.9 Å². The molecule has 1 aliphatic rings. The largest absolute Gasteiger partial charge is 0.483 e. The number of carbonyl (C=O) groups excluding carboxylic acids is 1. The number of nitrogens with one attached hydrogen (secondary N) is 1. The Morgan fingerprint density at radius 3 is 2.80 bits per heavy atom. The topological polar surface area (TPSA) is 64.1 Å². The summed E-state index contributed by atoms with van der Waals surface area (Å²) >= 11 is 0. The Bertz CT molecular complexity index is 1050. The first-order valence-corrected chi connectivity index (χ1v) is 9.61. The van der Waals surface area contributed by atoms with Crippen molar-refractivity contribution in [3.63, 3.8) is 0 Å². The number of fused-ring (bicyclic) bond motifs is 1. The molecule has 1 aliphatic carbocycles. The van der Waals surface area contributed by atoms with Gasteiger partial charge in [-0.25, -0.2) is 0 Å². The number of amides is 1. The second-order valence-corrected chi connectivity index (χ2v) is 7.46. The van der Waals surface area contributed by atoms with Gasteiger partial charge < -0.3 is 10.1 Å². The second kappa shape index (κ2) is 7.93. The van der Waals surface area contributed by atoms with Gasteiger partial charge in [0.05, 0.1) is 23.4 Å². The van der Waals surface area contributed by atoms with Gasteiger partial charge in [-0.2, -0.15) is 13.2 Å². The van der Waals surface area contributed by atoms with Crippen molar-refractivity contribution >= 4 is 16.8 Å². The Morgan fingerprint density at radius 2 is 2.07 bits per heavy atom. The molecule has 1 N–H and O–H groups in total. The molecule has 1 amide bonds. The molecule has 2 aromatic heterocycles. The Balaban J connectivity index is 1.33. The molecule has 2 heterocycles. The smallest absolute Gasteiger partial charge is 0.422 e. The zero-order valence-corrected chi connectivity index (χ0v) is 16.2. The second-order valence-electron chi connectivity index (χ2n) is 7.46. The molecular formula is C22H20F3N3O2. The third-order valence-electron chi connectivity index (χ3n) is 5.15. The maximum absolute atomic E-state index is 12.6. The Hall–Kier alpha value is -3.16. The summed E-state index contributed by atoms with van der Waals surface area (Å²) in [5.41, 5.74) is 2.56.